The number of pyridine rings is 1. The first-order valence-corrected chi connectivity index (χ1v) is 12.0. The van der Waals surface area contributed by atoms with Crippen LogP contribution in [0.3, 0.4) is 0 Å². The molecule has 1 aliphatic rings. The van der Waals surface area contributed by atoms with Crippen LogP contribution in [0, 0.1) is 0 Å². The molecule has 0 fully saturated rings. The number of nitrogens with zero attached hydrogens (tertiary/aromatic N) is 2. The van der Waals surface area contributed by atoms with Gasteiger partial charge in [0.05, 0.1) is 11.3 Å². The summed E-state index contributed by atoms with van der Waals surface area (Å²) in [5.74, 6) is 1.31. The standard InChI is InChI=1S/C27H29N3OS/c1-4-5-6-9-16-30-23-13-12-21(29-26-17-20(19(2)3)14-15-28-26)18-25(23)32-24-11-8-7-10-22(24)27(30)31/h6-15,17-19H,4-5,16H2,1-3H3,(H,28,29)/b9-6+. The van der Waals surface area contributed by atoms with Gasteiger partial charge in [-0.2, -0.15) is 0 Å². The van der Waals surface area contributed by atoms with Crippen LogP contribution in [0.15, 0.2) is 82.7 Å². The van der Waals surface area contributed by atoms with E-state index in [2.05, 4.69) is 61.4 Å². The van der Waals surface area contributed by atoms with Crippen LogP contribution in [-0.4, -0.2) is 17.4 Å². The number of hydrogen-bond acceptors (Lipinski definition) is 4. The molecule has 0 atom stereocenters. The minimum absolute atomic E-state index is 0.0417. The van der Waals surface area contributed by atoms with Crippen molar-refractivity contribution in [1.29, 1.82) is 0 Å². The number of unbranched alkanes of at least 4 members (excludes halogenated alkanes) is 1. The van der Waals surface area contributed by atoms with Crippen LogP contribution in [0.1, 0.15) is 55.5 Å². The average molecular weight is 444 g/mol. The Kier molecular flexibility index (Phi) is 6.96. The largest absolute Gasteiger partial charge is 0.340 e. The maximum atomic E-state index is 13.4. The third-order valence-electron chi connectivity index (χ3n) is 5.47. The van der Waals surface area contributed by atoms with Gasteiger partial charge in [-0.05, 0) is 60.4 Å². The Balaban J connectivity index is 1.69. The zero-order valence-electron chi connectivity index (χ0n) is 18.8. The van der Waals surface area contributed by atoms with Crippen LogP contribution in [0.4, 0.5) is 17.2 Å². The monoisotopic (exact) mass is 443 g/mol. The molecule has 0 aliphatic carbocycles. The maximum Gasteiger partial charge on any atom is 0.259 e. The number of aromatic nitrogens is 1. The van der Waals surface area contributed by atoms with Gasteiger partial charge in [-0.1, -0.05) is 63.2 Å². The summed E-state index contributed by atoms with van der Waals surface area (Å²) in [7, 11) is 0. The molecule has 1 aromatic heterocycles. The van der Waals surface area contributed by atoms with Crippen molar-refractivity contribution >= 4 is 34.9 Å². The van der Waals surface area contributed by atoms with E-state index < -0.39 is 0 Å². The number of rotatable bonds is 7. The zero-order chi connectivity index (χ0) is 22.5. The first-order valence-electron chi connectivity index (χ1n) is 11.2. The summed E-state index contributed by atoms with van der Waals surface area (Å²) in [6.07, 6.45) is 8.21. The van der Waals surface area contributed by atoms with Gasteiger partial charge in [-0.15, -0.1) is 0 Å². The smallest absolute Gasteiger partial charge is 0.259 e. The molecule has 4 rings (SSSR count). The molecule has 0 saturated heterocycles. The highest BCUT2D eigenvalue weighted by Gasteiger charge is 2.26. The molecule has 1 amide bonds. The summed E-state index contributed by atoms with van der Waals surface area (Å²) in [5, 5.41) is 3.44. The molecule has 5 heteroatoms. The number of allylic oxidation sites excluding steroid dienone is 1. The van der Waals surface area contributed by atoms with E-state index >= 15 is 0 Å². The predicted octanol–water partition coefficient (Wildman–Crippen LogP) is 7.42. The predicted molar refractivity (Wildman–Crippen MR) is 134 cm³/mol. The molecule has 164 valence electrons. The maximum absolute atomic E-state index is 13.4. The molecular formula is C27H29N3OS. The number of nitrogens with one attached hydrogen (secondary N) is 1. The first-order chi connectivity index (χ1) is 15.6. The lowest BCUT2D eigenvalue weighted by molar-refractivity contribution is 0.0987. The van der Waals surface area contributed by atoms with Gasteiger partial charge in [0.1, 0.15) is 5.82 Å². The Morgan fingerprint density at radius 1 is 1.06 bits per heavy atom. The Hall–Kier alpha value is -3.05. The van der Waals surface area contributed by atoms with Gasteiger partial charge in [0.2, 0.25) is 0 Å². The van der Waals surface area contributed by atoms with Crippen molar-refractivity contribution in [3.8, 4) is 0 Å². The molecular weight excluding hydrogens is 414 g/mol. The molecule has 0 saturated carbocycles. The molecule has 3 aromatic rings. The van der Waals surface area contributed by atoms with E-state index in [4.69, 9.17) is 0 Å². The summed E-state index contributed by atoms with van der Waals surface area (Å²) in [6, 6.07) is 18.2. The van der Waals surface area contributed by atoms with E-state index in [1.165, 1.54) is 5.56 Å². The second-order valence-corrected chi connectivity index (χ2v) is 9.29. The van der Waals surface area contributed by atoms with Gasteiger partial charge in [-0.25, -0.2) is 4.98 Å². The zero-order valence-corrected chi connectivity index (χ0v) is 19.7. The van der Waals surface area contributed by atoms with Gasteiger partial charge < -0.3 is 10.2 Å². The number of carbonyl (C=O) groups is 1. The second-order valence-electron chi connectivity index (χ2n) is 8.21. The summed E-state index contributed by atoms with van der Waals surface area (Å²) < 4.78 is 0. The minimum atomic E-state index is 0.0417. The fourth-order valence-corrected chi connectivity index (χ4v) is 4.79. The van der Waals surface area contributed by atoms with Gasteiger partial charge >= 0.3 is 0 Å². The van der Waals surface area contributed by atoms with Crippen molar-refractivity contribution in [2.24, 2.45) is 0 Å². The average Bonchev–Trinajstić information content (AvgIpc) is 2.91. The van der Waals surface area contributed by atoms with Gasteiger partial charge in [0.25, 0.3) is 5.91 Å². The topological polar surface area (TPSA) is 45.2 Å². The van der Waals surface area contributed by atoms with Gasteiger partial charge in [0, 0.05) is 28.2 Å². The van der Waals surface area contributed by atoms with Crippen LogP contribution >= 0.6 is 11.8 Å². The molecule has 1 aliphatic heterocycles. The molecule has 0 bridgehead atoms. The number of benzene rings is 2. The van der Waals surface area contributed by atoms with Crippen molar-refractivity contribution in [2.75, 3.05) is 16.8 Å². The summed E-state index contributed by atoms with van der Waals surface area (Å²) >= 11 is 1.64. The molecule has 32 heavy (non-hydrogen) atoms. The van der Waals surface area contributed by atoms with Crippen molar-refractivity contribution in [3.05, 3.63) is 84.1 Å². The molecule has 0 radical (unpaired) electrons. The van der Waals surface area contributed by atoms with Crippen LogP contribution in [-0.2, 0) is 0 Å². The van der Waals surface area contributed by atoms with E-state index in [9.17, 15) is 4.79 Å². The fourth-order valence-electron chi connectivity index (χ4n) is 3.67. The van der Waals surface area contributed by atoms with E-state index in [-0.39, 0.29) is 5.91 Å². The summed E-state index contributed by atoms with van der Waals surface area (Å²) in [5.41, 5.74) is 3.89. The Morgan fingerprint density at radius 3 is 2.72 bits per heavy atom. The number of fused-ring (bicyclic) bond motifs is 2. The van der Waals surface area contributed by atoms with Crippen LogP contribution in [0.2, 0.25) is 0 Å². The summed E-state index contributed by atoms with van der Waals surface area (Å²) in [6.45, 7) is 7.07. The fraction of sp³-hybridized carbons (Fsp3) is 0.259. The number of anilines is 3. The summed E-state index contributed by atoms with van der Waals surface area (Å²) in [4.78, 5) is 21.8. The third kappa shape index (κ3) is 4.89. The first kappa shape index (κ1) is 22.2. The Morgan fingerprint density at radius 2 is 1.91 bits per heavy atom. The van der Waals surface area contributed by atoms with E-state index in [1.54, 1.807) is 11.8 Å². The Bertz CT molecular complexity index is 1140. The number of amides is 1. The second kappa shape index (κ2) is 10.0. The molecule has 4 nitrogen and oxygen atoms in total. The van der Waals surface area contributed by atoms with Crippen molar-refractivity contribution in [3.63, 3.8) is 0 Å². The van der Waals surface area contributed by atoms with Crippen LogP contribution in [0.5, 0.6) is 0 Å². The highest BCUT2D eigenvalue weighted by molar-refractivity contribution is 7.99. The lowest BCUT2D eigenvalue weighted by Crippen LogP contribution is -2.31. The minimum Gasteiger partial charge on any atom is -0.340 e. The molecule has 0 unspecified atom stereocenters. The van der Waals surface area contributed by atoms with E-state index in [0.717, 1.165) is 45.4 Å². The quantitative estimate of drug-likeness (QED) is 0.386. The van der Waals surface area contributed by atoms with Gasteiger partial charge in [-0.3, -0.25) is 4.79 Å². The molecule has 0 spiro atoms. The number of carbonyl (C=O) groups excluding carboxylic acids is 1. The van der Waals surface area contributed by atoms with Gasteiger partial charge in [0.15, 0.2) is 0 Å². The van der Waals surface area contributed by atoms with E-state index in [1.807, 2.05) is 47.5 Å². The van der Waals surface area contributed by atoms with Crippen molar-refractivity contribution < 1.29 is 4.79 Å². The Labute approximate surface area is 194 Å². The lowest BCUT2D eigenvalue weighted by atomic mass is 10.1. The highest BCUT2D eigenvalue weighted by atomic mass is 32.2. The van der Waals surface area contributed by atoms with Crippen LogP contribution < -0.4 is 10.2 Å². The SMILES string of the molecule is CCC/C=C/CN1C(=O)c2ccccc2Sc2cc(Nc3cc(C(C)C)ccn3)ccc21. The molecule has 2 heterocycles. The van der Waals surface area contributed by atoms with Crippen molar-refractivity contribution in [2.45, 2.75) is 49.3 Å². The highest BCUT2D eigenvalue weighted by Crippen LogP contribution is 2.42. The number of hydrogen-bond donors (Lipinski definition) is 1. The van der Waals surface area contributed by atoms with Crippen molar-refractivity contribution in [1.82, 2.24) is 4.98 Å². The van der Waals surface area contributed by atoms with E-state index in [0.29, 0.717) is 12.5 Å². The van der Waals surface area contributed by atoms with Crippen LogP contribution in [0.25, 0.3) is 0 Å². The third-order valence-corrected chi connectivity index (χ3v) is 6.59. The molecule has 1 N–H and O–H groups in total. The molecule has 2 aromatic carbocycles. The lowest BCUT2D eigenvalue weighted by Gasteiger charge is -2.22. The normalized spacial score (nSPS) is 13.2.